The van der Waals surface area contributed by atoms with Gasteiger partial charge in [-0.3, -0.25) is 0 Å². The van der Waals surface area contributed by atoms with Gasteiger partial charge in [-0.1, -0.05) is 24.3 Å². The van der Waals surface area contributed by atoms with E-state index in [4.69, 9.17) is 0 Å². The summed E-state index contributed by atoms with van der Waals surface area (Å²) in [6.07, 6.45) is 2.83. The highest BCUT2D eigenvalue weighted by Crippen LogP contribution is 2.35. The topological polar surface area (TPSA) is 20.2 Å². The Bertz CT molecular complexity index is 821. The first-order chi connectivity index (χ1) is 10.2. The summed E-state index contributed by atoms with van der Waals surface area (Å²) in [7, 11) is 0. The summed E-state index contributed by atoms with van der Waals surface area (Å²) in [5.74, 6) is -0.233. The molecule has 3 aromatic rings. The van der Waals surface area contributed by atoms with Crippen molar-refractivity contribution < 1.29 is 9.50 Å². The monoisotopic (exact) mass is 298 g/mol. The molecular weight excluding hydrogens is 283 g/mol. The Balaban J connectivity index is 1.73. The van der Waals surface area contributed by atoms with Crippen molar-refractivity contribution in [1.82, 2.24) is 0 Å². The van der Waals surface area contributed by atoms with E-state index in [0.717, 1.165) is 33.4 Å². The van der Waals surface area contributed by atoms with Crippen LogP contribution < -0.4 is 0 Å². The molecule has 0 saturated carbocycles. The van der Waals surface area contributed by atoms with Gasteiger partial charge in [-0.2, -0.15) is 0 Å². The molecule has 0 bridgehead atoms. The van der Waals surface area contributed by atoms with Crippen LogP contribution in [0, 0.1) is 5.82 Å². The van der Waals surface area contributed by atoms with Crippen LogP contribution in [0.2, 0.25) is 0 Å². The summed E-state index contributed by atoms with van der Waals surface area (Å²) in [6, 6.07) is 13.0. The predicted molar refractivity (Wildman–Crippen MR) is 84.3 cm³/mol. The number of hydrogen-bond acceptors (Lipinski definition) is 2. The Kier molecular flexibility index (Phi) is 3.05. The summed E-state index contributed by atoms with van der Waals surface area (Å²) in [4.78, 5) is 0.869. The van der Waals surface area contributed by atoms with E-state index in [1.165, 1.54) is 41.0 Å². The average Bonchev–Trinajstić information content (AvgIpc) is 3.11. The van der Waals surface area contributed by atoms with Crippen molar-refractivity contribution in [1.29, 1.82) is 0 Å². The van der Waals surface area contributed by atoms with Crippen molar-refractivity contribution in [2.24, 2.45) is 0 Å². The number of aliphatic hydroxyl groups is 1. The molecule has 4 rings (SSSR count). The molecule has 21 heavy (non-hydrogen) atoms. The molecule has 0 aliphatic heterocycles. The van der Waals surface area contributed by atoms with E-state index in [2.05, 4.69) is 12.1 Å². The second kappa shape index (κ2) is 4.93. The summed E-state index contributed by atoms with van der Waals surface area (Å²) in [5, 5.41) is 11.6. The molecular formula is C18H15FOS. The number of thiophene rings is 1. The van der Waals surface area contributed by atoms with Gasteiger partial charge in [0, 0.05) is 9.58 Å². The lowest BCUT2D eigenvalue weighted by molar-refractivity contribution is 0.224. The van der Waals surface area contributed by atoms with Gasteiger partial charge in [0.25, 0.3) is 0 Å². The number of rotatable bonds is 2. The summed E-state index contributed by atoms with van der Waals surface area (Å²) >= 11 is 1.46. The summed E-state index contributed by atoms with van der Waals surface area (Å²) < 4.78 is 14.1. The number of aliphatic hydroxyl groups excluding tert-OH is 1. The van der Waals surface area contributed by atoms with Crippen LogP contribution in [-0.2, 0) is 12.8 Å². The van der Waals surface area contributed by atoms with Crippen molar-refractivity contribution in [2.75, 3.05) is 0 Å². The van der Waals surface area contributed by atoms with Crippen LogP contribution in [0.25, 0.3) is 10.1 Å². The van der Waals surface area contributed by atoms with Gasteiger partial charge in [-0.05, 0) is 59.5 Å². The molecule has 3 heteroatoms. The minimum atomic E-state index is -0.628. The molecule has 1 heterocycles. The Labute approximate surface area is 126 Å². The fourth-order valence-electron chi connectivity index (χ4n) is 3.09. The van der Waals surface area contributed by atoms with Gasteiger partial charge in [-0.25, -0.2) is 4.39 Å². The van der Waals surface area contributed by atoms with E-state index in [1.54, 1.807) is 6.07 Å². The molecule has 0 radical (unpaired) electrons. The molecule has 2 aromatic carbocycles. The van der Waals surface area contributed by atoms with Crippen molar-refractivity contribution in [2.45, 2.75) is 25.4 Å². The lowest BCUT2D eigenvalue weighted by Gasteiger charge is -2.10. The first-order valence-corrected chi connectivity index (χ1v) is 8.01. The second-order valence-corrected chi connectivity index (χ2v) is 6.73. The lowest BCUT2D eigenvalue weighted by Crippen LogP contribution is -1.98. The standard InChI is InChI=1S/C18H15FOS/c19-15-7-6-13-9-17(21-16(13)10-15)18(20)14-5-4-11-2-1-3-12(11)8-14/h4-10,18,20H,1-3H2. The maximum Gasteiger partial charge on any atom is 0.124 e. The van der Waals surface area contributed by atoms with Crippen LogP contribution in [-0.4, -0.2) is 5.11 Å². The predicted octanol–water partition coefficient (Wildman–Crippen LogP) is 4.61. The number of halogens is 1. The first kappa shape index (κ1) is 13.0. The van der Waals surface area contributed by atoms with Crippen LogP contribution in [0.4, 0.5) is 4.39 Å². The minimum absolute atomic E-state index is 0.233. The van der Waals surface area contributed by atoms with E-state index in [-0.39, 0.29) is 5.82 Å². The van der Waals surface area contributed by atoms with Gasteiger partial charge in [0.05, 0.1) is 0 Å². The van der Waals surface area contributed by atoms with Crippen molar-refractivity contribution >= 4 is 21.4 Å². The third kappa shape index (κ3) is 2.27. The lowest BCUT2D eigenvalue weighted by atomic mass is 10.0. The normalized spacial score (nSPS) is 15.3. The zero-order chi connectivity index (χ0) is 14.4. The maximum atomic E-state index is 13.3. The highest BCUT2D eigenvalue weighted by atomic mass is 32.1. The SMILES string of the molecule is OC(c1ccc2c(c1)CCC2)c1cc2ccc(F)cc2s1. The molecule has 0 spiro atoms. The van der Waals surface area contributed by atoms with Gasteiger partial charge < -0.3 is 5.11 Å². The Hall–Kier alpha value is -1.71. The molecule has 1 nitrogen and oxygen atoms in total. The van der Waals surface area contributed by atoms with Gasteiger partial charge in [-0.15, -0.1) is 11.3 Å². The zero-order valence-electron chi connectivity index (χ0n) is 11.5. The van der Waals surface area contributed by atoms with Crippen molar-refractivity contribution in [3.05, 3.63) is 69.8 Å². The molecule has 0 amide bonds. The minimum Gasteiger partial charge on any atom is -0.383 e. The third-order valence-electron chi connectivity index (χ3n) is 4.21. The second-order valence-electron chi connectivity index (χ2n) is 5.62. The summed E-state index contributed by atoms with van der Waals surface area (Å²) in [6.45, 7) is 0. The van der Waals surface area contributed by atoms with E-state index < -0.39 is 6.10 Å². The van der Waals surface area contributed by atoms with Gasteiger partial charge in [0.15, 0.2) is 0 Å². The highest BCUT2D eigenvalue weighted by molar-refractivity contribution is 7.19. The van der Waals surface area contributed by atoms with E-state index in [9.17, 15) is 9.50 Å². The third-order valence-corrected chi connectivity index (χ3v) is 5.36. The largest absolute Gasteiger partial charge is 0.383 e. The number of fused-ring (bicyclic) bond motifs is 2. The van der Waals surface area contributed by atoms with Crippen molar-refractivity contribution in [3.63, 3.8) is 0 Å². The number of benzene rings is 2. The number of aryl methyl sites for hydroxylation is 2. The fraction of sp³-hybridized carbons (Fsp3) is 0.222. The molecule has 0 saturated heterocycles. The smallest absolute Gasteiger partial charge is 0.124 e. The van der Waals surface area contributed by atoms with Crippen LogP contribution in [0.3, 0.4) is 0 Å². The Morgan fingerprint density at radius 3 is 2.76 bits per heavy atom. The van der Waals surface area contributed by atoms with Gasteiger partial charge >= 0.3 is 0 Å². The highest BCUT2D eigenvalue weighted by Gasteiger charge is 2.17. The molecule has 1 aromatic heterocycles. The first-order valence-electron chi connectivity index (χ1n) is 7.19. The van der Waals surface area contributed by atoms with Crippen LogP contribution >= 0.6 is 11.3 Å². The van der Waals surface area contributed by atoms with E-state index in [0.29, 0.717) is 0 Å². The molecule has 1 atom stereocenters. The molecule has 1 aliphatic carbocycles. The Morgan fingerprint density at radius 1 is 1.00 bits per heavy atom. The van der Waals surface area contributed by atoms with Crippen LogP contribution in [0.5, 0.6) is 0 Å². The summed E-state index contributed by atoms with van der Waals surface area (Å²) in [5.41, 5.74) is 3.70. The number of hydrogen-bond donors (Lipinski definition) is 1. The van der Waals surface area contributed by atoms with E-state index in [1.807, 2.05) is 12.1 Å². The van der Waals surface area contributed by atoms with Crippen LogP contribution in [0.1, 0.15) is 34.1 Å². The molecule has 1 unspecified atom stereocenters. The average molecular weight is 298 g/mol. The van der Waals surface area contributed by atoms with Gasteiger partial charge in [0.2, 0.25) is 0 Å². The Morgan fingerprint density at radius 2 is 1.86 bits per heavy atom. The zero-order valence-corrected chi connectivity index (χ0v) is 12.3. The van der Waals surface area contributed by atoms with E-state index >= 15 is 0 Å². The van der Waals surface area contributed by atoms with Gasteiger partial charge in [0.1, 0.15) is 11.9 Å². The fourth-order valence-corrected chi connectivity index (χ4v) is 4.19. The van der Waals surface area contributed by atoms with Crippen molar-refractivity contribution in [3.8, 4) is 0 Å². The van der Waals surface area contributed by atoms with Crippen LogP contribution in [0.15, 0.2) is 42.5 Å². The molecule has 1 aliphatic rings. The molecule has 1 N–H and O–H groups in total. The maximum absolute atomic E-state index is 13.3. The quantitative estimate of drug-likeness (QED) is 0.732. The molecule has 0 fully saturated rings. The molecule has 106 valence electrons.